The summed E-state index contributed by atoms with van der Waals surface area (Å²) in [5.41, 5.74) is 0. The van der Waals surface area contributed by atoms with E-state index in [-0.39, 0.29) is 0 Å². The molecular formula is C8H10N2S3. The van der Waals surface area contributed by atoms with E-state index < -0.39 is 0 Å². The van der Waals surface area contributed by atoms with Crippen molar-refractivity contribution >= 4 is 34.9 Å². The van der Waals surface area contributed by atoms with E-state index in [1.165, 1.54) is 0 Å². The van der Waals surface area contributed by atoms with Crippen molar-refractivity contribution in [2.45, 2.75) is 8.68 Å². The van der Waals surface area contributed by atoms with Gasteiger partial charge in [0.25, 0.3) is 0 Å². The van der Waals surface area contributed by atoms with E-state index in [1.807, 2.05) is 12.2 Å². The highest BCUT2D eigenvalue weighted by molar-refractivity contribution is 8.03. The Morgan fingerprint density at radius 2 is 1.54 bits per heavy atom. The molecule has 5 heteroatoms. The normalized spacial score (nSPS) is 9.85. The van der Waals surface area contributed by atoms with Gasteiger partial charge >= 0.3 is 0 Å². The average molecular weight is 230 g/mol. The van der Waals surface area contributed by atoms with Crippen molar-refractivity contribution in [2.24, 2.45) is 0 Å². The minimum Gasteiger partial charge on any atom is -0.131 e. The van der Waals surface area contributed by atoms with Crippen LogP contribution < -0.4 is 0 Å². The van der Waals surface area contributed by atoms with Crippen molar-refractivity contribution in [2.75, 3.05) is 11.5 Å². The standard InChI is InChI=1S/C8H10N2S3/c1-3-5-11-7-9-10-8(13-7)12-6-4-2/h3-4H,1-2,5-6H2. The molecule has 1 rings (SSSR count). The summed E-state index contributed by atoms with van der Waals surface area (Å²) in [5, 5.41) is 8.07. The zero-order chi connectivity index (χ0) is 9.52. The lowest BCUT2D eigenvalue weighted by molar-refractivity contribution is 0.956. The molecule has 0 saturated heterocycles. The molecule has 0 aliphatic rings. The second-order valence-electron chi connectivity index (χ2n) is 2.03. The topological polar surface area (TPSA) is 25.8 Å². The van der Waals surface area contributed by atoms with Crippen LogP contribution in [0.25, 0.3) is 0 Å². The van der Waals surface area contributed by atoms with Crippen molar-refractivity contribution < 1.29 is 0 Å². The van der Waals surface area contributed by atoms with E-state index in [1.54, 1.807) is 34.9 Å². The molecular weight excluding hydrogens is 220 g/mol. The summed E-state index contributed by atoms with van der Waals surface area (Å²) in [4.78, 5) is 0. The first-order chi connectivity index (χ1) is 6.36. The lowest BCUT2D eigenvalue weighted by Crippen LogP contribution is -1.73. The van der Waals surface area contributed by atoms with Crippen molar-refractivity contribution in [1.82, 2.24) is 10.2 Å². The van der Waals surface area contributed by atoms with Gasteiger partial charge in [0.15, 0.2) is 8.68 Å². The van der Waals surface area contributed by atoms with E-state index in [4.69, 9.17) is 0 Å². The van der Waals surface area contributed by atoms with Crippen LogP contribution in [0.4, 0.5) is 0 Å². The number of thioether (sulfide) groups is 2. The summed E-state index contributed by atoms with van der Waals surface area (Å²) in [5.74, 6) is 1.78. The summed E-state index contributed by atoms with van der Waals surface area (Å²) in [6.45, 7) is 7.30. The van der Waals surface area contributed by atoms with Crippen LogP contribution >= 0.6 is 34.9 Å². The molecule has 0 N–H and O–H groups in total. The van der Waals surface area contributed by atoms with Crippen LogP contribution in [0.1, 0.15) is 0 Å². The first-order valence-corrected chi connectivity index (χ1v) is 6.46. The number of rotatable bonds is 6. The summed E-state index contributed by atoms with van der Waals surface area (Å²) < 4.78 is 2.01. The molecule has 0 spiro atoms. The molecule has 0 atom stereocenters. The van der Waals surface area contributed by atoms with Crippen LogP contribution in [0.3, 0.4) is 0 Å². The molecule has 0 fully saturated rings. The molecule has 0 saturated carbocycles. The summed E-state index contributed by atoms with van der Waals surface area (Å²) in [6.07, 6.45) is 3.73. The number of hydrogen-bond donors (Lipinski definition) is 0. The highest BCUT2D eigenvalue weighted by Crippen LogP contribution is 2.28. The van der Waals surface area contributed by atoms with Crippen LogP contribution in [0.5, 0.6) is 0 Å². The van der Waals surface area contributed by atoms with Crippen molar-refractivity contribution in [3.8, 4) is 0 Å². The van der Waals surface area contributed by atoms with Gasteiger partial charge in [-0.15, -0.1) is 23.4 Å². The second-order valence-corrected chi connectivity index (χ2v) is 5.55. The Balaban J connectivity index is 2.43. The van der Waals surface area contributed by atoms with Crippen LogP contribution in [-0.2, 0) is 0 Å². The molecule has 0 aromatic carbocycles. The van der Waals surface area contributed by atoms with Gasteiger partial charge < -0.3 is 0 Å². The summed E-state index contributed by atoms with van der Waals surface area (Å²) in [6, 6.07) is 0. The Kier molecular flexibility index (Phi) is 5.19. The van der Waals surface area contributed by atoms with Gasteiger partial charge in [-0.25, -0.2) is 0 Å². The highest BCUT2D eigenvalue weighted by atomic mass is 32.2. The quantitative estimate of drug-likeness (QED) is 0.554. The molecule has 13 heavy (non-hydrogen) atoms. The molecule has 0 amide bonds. The van der Waals surface area contributed by atoms with Gasteiger partial charge in [0, 0.05) is 11.5 Å². The zero-order valence-corrected chi connectivity index (χ0v) is 9.55. The average Bonchev–Trinajstić information content (AvgIpc) is 2.59. The Labute approximate surface area is 90.5 Å². The van der Waals surface area contributed by atoms with Gasteiger partial charge in [0.2, 0.25) is 0 Å². The second kappa shape index (κ2) is 6.23. The highest BCUT2D eigenvalue weighted by Gasteiger charge is 2.02. The number of hydrogen-bond acceptors (Lipinski definition) is 5. The maximum atomic E-state index is 4.04. The predicted octanol–water partition coefficient (Wildman–Crippen LogP) is 3.09. The Hall–Kier alpha value is -0.260. The van der Waals surface area contributed by atoms with Gasteiger partial charge in [-0.3, -0.25) is 0 Å². The Morgan fingerprint density at radius 1 is 1.08 bits per heavy atom. The lowest BCUT2D eigenvalue weighted by Gasteiger charge is -1.87. The molecule has 1 aromatic rings. The molecule has 1 heterocycles. The SMILES string of the molecule is C=CCSc1nnc(SCC=C)s1. The minimum atomic E-state index is 0.890. The van der Waals surface area contributed by atoms with Gasteiger partial charge in [0.05, 0.1) is 0 Å². The third-order valence-corrected chi connectivity index (χ3v) is 4.22. The molecule has 0 aliphatic heterocycles. The molecule has 1 aromatic heterocycles. The fraction of sp³-hybridized carbons (Fsp3) is 0.250. The Bertz CT molecular complexity index is 256. The van der Waals surface area contributed by atoms with Gasteiger partial charge in [-0.05, 0) is 0 Å². The molecule has 0 bridgehead atoms. The van der Waals surface area contributed by atoms with Crippen molar-refractivity contribution in [1.29, 1.82) is 0 Å². The third-order valence-electron chi connectivity index (χ3n) is 1.04. The molecule has 0 unspecified atom stereocenters. The lowest BCUT2D eigenvalue weighted by atomic mass is 10.8. The third kappa shape index (κ3) is 3.97. The van der Waals surface area contributed by atoms with E-state index in [0.29, 0.717) is 0 Å². The van der Waals surface area contributed by atoms with Crippen LogP contribution in [0.2, 0.25) is 0 Å². The minimum absolute atomic E-state index is 0.890. The predicted molar refractivity (Wildman–Crippen MR) is 61.8 cm³/mol. The summed E-state index contributed by atoms with van der Waals surface area (Å²) in [7, 11) is 0. The molecule has 2 nitrogen and oxygen atoms in total. The first-order valence-electron chi connectivity index (χ1n) is 3.67. The molecule has 0 aliphatic carbocycles. The van der Waals surface area contributed by atoms with Crippen molar-refractivity contribution in [3.63, 3.8) is 0 Å². The first kappa shape index (κ1) is 10.8. The largest absolute Gasteiger partial charge is 0.175 e. The fourth-order valence-corrected chi connectivity index (χ4v) is 3.12. The monoisotopic (exact) mass is 230 g/mol. The maximum absolute atomic E-state index is 4.04. The van der Waals surface area contributed by atoms with Crippen LogP contribution in [-0.4, -0.2) is 21.7 Å². The Morgan fingerprint density at radius 3 is 1.92 bits per heavy atom. The maximum Gasteiger partial charge on any atom is 0.175 e. The smallest absolute Gasteiger partial charge is 0.131 e. The van der Waals surface area contributed by atoms with Crippen LogP contribution in [0, 0.1) is 0 Å². The van der Waals surface area contributed by atoms with Gasteiger partial charge in [-0.1, -0.05) is 47.0 Å². The number of aromatic nitrogens is 2. The number of nitrogens with zero attached hydrogens (tertiary/aromatic N) is 2. The summed E-state index contributed by atoms with van der Waals surface area (Å²) >= 11 is 4.95. The van der Waals surface area contributed by atoms with Crippen LogP contribution in [0.15, 0.2) is 34.0 Å². The van der Waals surface area contributed by atoms with E-state index >= 15 is 0 Å². The molecule has 0 radical (unpaired) electrons. The van der Waals surface area contributed by atoms with Crippen molar-refractivity contribution in [3.05, 3.63) is 25.3 Å². The van der Waals surface area contributed by atoms with E-state index in [9.17, 15) is 0 Å². The van der Waals surface area contributed by atoms with Gasteiger partial charge in [0.1, 0.15) is 0 Å². The zero-order valence-electron chi connectivity index (χ0n) is 7.10. The van der Waals surface area contributed by atoms with E-state index in [0.717, 1.165) is 20.2 Å². The fourth-order valence-electron chi connectivity index (χ4n) is 0.574. The molecule has 70 valence electrons. The van der Waals surface area contributed by atoms with Gasteiger partial charge in [-0.2, -0.15) is 0 Å². The van der Waals surface area contributed by atoms with E-state index in [2.05, 4.69) is 23.4 Å².